The van der Waals surface area contributed by atoms with E-state index in [1.807, 2.05) is 18.2 Å². The predicted octanol–water partition coefficient (Wildman–Crippen LogP) is 2.43. The van der Waals surface area contributed by atoms with Gasteiger partial charge in [0.25, 0.3) is 0 Å². The van der Waals surface area contributed by atoms with Gasteiger partial charge in [-0.3, -0.25) is 4.79 Å². The Kier molecular flexibility index (Phi) is 5.21. The zero-order valence-electron chi connectivity index (χ0n) is 12.7. The normalized spacial score (nSPS) is 12.5. The first kappa shape index (κ1) is 16.6. The molecule has 1 aliphatic heterocycles. The first-order valence-corrected chi connectivity index (χ1v) is 8.82. The van der Waals surface area contributed by atoms with Crippen molar-refractivity contribution in [1.82, 2.24) is 4.98 Å². The molecule has 0 fully saturated rings. The van der Waals surface area contributed by atoms with Crippen molar-refractivity contribution in [1.29, 1.82) is 0 Å². The molecule has 1 aromatic heterocycles. The molecule has 24 heavy (non-hydrogen) atoms. The SMILES string of the molecule is COC(=O)c1cnc(NC(=O)CSc2ccc3c(c2)OCCO3)s1. The summed E-state index contributed by atoms with van der Waals surface area (Å²) >= 11 is 2.45. The molecule has 2 heterocycles. The second-order valence-corrected chi connectivity index (χ2v) is 6.74. The molecule has 1 aliphatic rings. The van der Waals surface area contributed by atoms with E-state index in [9.17, 15) is 9.59 Å². The summed E-state index contributed by atoms with van der Waals surface area (Å²) in [5, 5.41) is 3.02. The Morgan fingerprint density at radius 3 is 2.92 bits per heavy atom. The van der Waals surface area contributed by atoms with Gasteiger partial charge in [-0.2, -0.15) is 0 Å². The number of carbonyl (C=O) groups excluding carboxylic acids is 2. The van der Waals surface area contributed by atoms with Crippen LogP contribution in [-0.4, -0.2) is 42.9 Å². The van der Waals surface area contributed by atoms with Crippen LogP contribution in [0.25, 0.3) is 0 Å². The number of carbonyl (C=O) groups is 2. The molecule has 1 N–H and O–H groups in total. The van der Waals surface area contributed by atoms with Gasteiger partial charge in [-0.05, 0) is 18.2 Å². The van der Waals surface area contributed by atoms with Crippen LogP contribution in [0.4, 0.5) is 5.13 Å². The topological polar surface area (TPSA) is 86.8 Å². The van der Waals surface area contributed by atoms with Crippen LogP contribution >= 0.6 is 23.1 Å². The highest BCUT2D eigenvalue weighted by Crippen LogP contribution is 2.34. The molecule has 2 aromatic rings. The molecule has 0 spiro atoms. The lowest BCUT2D eigenvalue weighted by atomic mass is 10.3. The predicted molar refractivity (Wildman–Crippen MR) is 90.2 cm³/mol. The van der Waals surface area contributed by atoms with Gasteiger partial charge < -0.3 is 19.5 Å². The Morgan fingerprint density at radius 2 is 2.12 bits per heavy atom. The number of hydrogen-bond donors (Lipinski definition) is 1. The fourth-order valence-corrected chi connectivity index (χ4v) is 3.42. The quantitative estimate of drug-likeness (QED) is 0.642. The fourth-order valence-electron chi connectivity index (χ4n) is 1.94. The van der Waals surface area contributed by atoms with Gasteiger partial charge >= 0.3 is 5.97 Å². The van der Waals surface area contributed by atoms with Crippen molar-refractivity contribution in [2.24, 2.45) is 0 Å². The summed E-state index contributed by atoms with van der Waals surface area (Å²) in [7, 11) is 1.30. The minimum atomic E-state index is -0.473. The standard InChI is InChI=1S/C15H14N2O5S2/c1-20-14(19)12-7-16-15(24-12)17-13(18)8-23-9-2-3-10-11(6-9)22-5-4-21-10/h2-3,6-7H,4-5,8H2,1H3,(H,16,17,18). The van der Waals surface area contributed by atoms with Crippen LogP contribution in [0.15, 0.2) is 29.3 Å². The molecule has 0 aliphatic carbocycles. The summed E-state index contributed by atoms with van der Waals surface area (Å²) in [4.78, 5) is 28.6. The molecular formula is C15H14N2O5S2. The summed E-state index contributed by atoms with van der Waals surface area (Å²) in [6.45, 7) is 1.07. The average molecular weight is 366 g/mol. The number of nitrogens with zero attached hydrogens (tertiary/aromatic N) is 1. The number of fused-ring (bicyclic) bond motifs is 1. The van der Waals surface area contributed by atoms with Crippen molar-refractivity contribution >= 4 is 40.1 Å². The number of anilines is 1. The highest BCUT2D eigenvalue weighted by atomic mass is 32.2. The number of hydrogen-bond acceptors (Lipinski definition) is 8. The van der Waals surface area contributed by atoms with Crippen molar-refractivity contribution in [3.05, 3.63) is 29.3 Å². The molecule has 0 saturated carbocycles. The van der Waals surface area contributed by atoms with Crippen LogP contribution in [0.3, 0.4) is 0 Å². The highest BCUT2D eigenvalue weighted by Gasteiger charge is 2.14. The van der Waals surface area contributed by atoms with Gasteiger partial charge in [0.2, 0.25) is 5.91 Å². The molecule has 0 bridgehead atoms. The molecule has 126 valence electrons. The van der Waals surface area contributed by atoms with E-state index in [0.29, 0.717) is 34.7 Å². The van der Waals surface area contributed by atoms with E-state index in [2.05, 4.69) is 15.0 Å². The van der Waals surface area contributed by atoms with Crippen LogP contribution in [-0.2, 0) is 9.53 Å². The van der Waals surface area contributed by atoms with Gasteiger partial charge in [-0.25, -0.2) is 9.78 Å². The Labute approximate surface area is 146 Å². The van der Waals surface area contributed by atoms with Gasteiger partial charge in [0.15, 0.2) is 16.6 Å². The van der Waals surface area contributed by atoms with Crippen LogP contribution in [0, 0.1) is 0 Å². The highest BCUT2D eigenvalue weighted by molar-refractivity contribution is 8.00. The zero-order chi connectivity index (χ0) is 16.9. The van der Waals surface area contributed by atoms with E-state index in [1.165, 1.54) is 25.1 Å². The Balaban J connectivity index is 1.54. The molecular weight excluding hydrogens is 352 g/mol. The van der Waals surface area contributed by atoms with E-state index < -0.39 is 5.97 Å². The Morgan fingerprint density at radius 1 is 1.33 bits per heavy atom. The monoisotopic (exact) mass is 366 g/mol. The zero-order valence-corrected chi connectivity index (χ0v) is 14.4. The number of amides is 1. The van der Waals surface area contributed by atoms with Crippen LogP contribution in [0.5, 0.6) is 11.5 Å². The van der Waals surface area contributed by atoms with Gasteiger partial charge in [0, 0.05) is 4.90 Å². The third-order valence-electron chi connectivity index (χ3n) is 3.02. The van der Waals surface area contributed by atoms with Crippen LogP contribution in [0.1, 0.15) is 9.67 Å². The maximum Gasteiger partial charge on any atom is 0.349 e. The number of ether oxygens (including phenoxy) is 3. The average Bonchev–Trinajstić information content (AvgIpc) is 3.07. The van der Waals surface area contributed by atoms with Crippen molar-refractivity contribution in [3.63, 3.8) is 0 Å². The molecule has 0 radical (unpaired) electrons. The first-order valence-electron chi connectivity index (χ1n) is 7.02. The van der Waals surface area contributed by atoms with E-state index in [4.69, 9.17) is 9.47 Å². The molecule has 7 nitrogen and oxygen atoms in total. The number of methoxy groups -OCH3 is 1. The number of benzene rings is 1. The summed E-state index contributed by atoms with van der Waals surface area (Å²) in [6, 6.07) is 5.56. The molecule has 0 unspecified atom stereocenters. The van der Waals surface area contributed by atoms with Crippen LogP contribution < -0.4 is 14.8 Å². The second kappa shape index (κ2) is 7.54. The fraction of sp³-hybridized carbons (Fsp3) is 0.267. The minimum Gasteiger partial charge on any atom is -0.486 e. The van der Waals surface area contributed by atoms with Gasteiger partial charge in [-0.1, -0.05) is 11.3 Å². The van der Waals surface area contributed by atoms with Crippen molar-refractivity contribution < 1.29 is 23.8 Å². The smallest absolute Gasteiger partial charge is 0.349 e. The van der Waals surface area contributed by atoms with Crippen molar-refractivity contribution in [2.45, 2.75) is 4.90 Å². The van der Waals surface area contributed by atoms with E-state index >= 15 is 0 Å². The Hall–Kier alpha value is -2.26. The number of esters is 1. The lowest BCUT2D eigenvalue weighted by Crippen LogP contribution is -2.15. The summed E-state index contributed by atoms with van der Waals surface area (Å²) in [5.74, 6) is 0.939. The lowest BCUT2D eigenvalue weighted by Gasteiger charge is -2.18. The number of aromatic nitrogens is 1. The van der Waals surface area contributed by atoms with Gasteiger partial charge in [-0.15, -0.1) is 11.8 Å². The minimum absolute atomic E-state index is 0.208. The van der Waals surface area contributed by atoms with Crippen molar-refractivity contribution in [2.75, 3.05) is 31.4 Å². The van der Waals surface area contributed by atoms with E-state index in [1.54, 1.807) is 0 Å². The molecule has 1 aromatic carbocycles. The van der Waals surface area contributed by atoms with Gasteiger partial charge in [0.1, 0.15) is 18.1 Å². The van der Waals surface area contributed by atoms with E-state index in [0.717, 1.165) is 16.2 Å². The molecule has 9 heteroatoms. The number of nitrogens with one attached hydrogen (secondary N) is 1. The van der Waals surface area contributed by atoms with Gasteiger partial charge in [0.05, 0.1) is 19.1 Å². The maximum atomic E-state index is 12.0. The maximum absolute atomic E-state index is 12.0. The lowest BCUT2D eigenvalue weighted by molar-refractivity contribution is -0.113. The number of thioether (sulfide) groups is 1. The molecule has 0 saturated heterocycles. The van der Waals surface area contributed by atoms with Crippen LogP contribution in [0.2, 0.25) is 0 Å². The first-order chi connectivity index (χ1) is 11.7. The summed E-state index contributed by atoms with van der Waals surface area (Å²) < 4.78 is 15.6. The second-order valence-electron chi connectivity index (χ2n) is 4.66. The van der Waals surface area contributed by atoms with Crippen molar-refractivity contribution in [3.8, 4) is 11.5 Å². The largest absolute Gasteiger partial charge is 0.486 e. The molecule has 1 amide bonds. The summed E-state index contributed by atoms with van der Waals surface area (Å²) in [5.41, 5.74) is 0. The molecule has 3 rings (SSSR count). The number of thiazole rings is 1. The van der Waals surface area contributed by atoms with E-state index in [-0.39, 0.29) is 11.7 Å². The number of rotatable bonds is 5. The summed E-state index contributed by atoms with van der Waals surface area (Å²) in [6.07, 6.45) is 1.38. The third-order valence-corrected chi connectivity index (χ3v) is 4.91. The Bertz CT molecular complexity index is 762. The molecule has 0 atom stereocenters. The third kappa shape index (κ3) is 3.98.